The Morgan fingerprint density at radius 3 is 2.75 bits per heavy atom. The van der Waals surface area contributed by atoms with Gasteiger partial charge in [-0.15, -0.1) is 0 Å². The summed E-state index contributed by atoms with van der Waals surface area (Å²) >= 11 is 0. The van der Waals surface area contributed by atoms with E-state index in [-0.39, 0.29) is 23.0 Å². The molecule has 1 unspecified atom stereocenters. The van der Waals surface area contributed by atoms with Gasteiger partial charge in [-0.1, -0.05) is 0 Å². The third-order valence-corrected chi connectivity index (χ3v) is 3.28. The van der Waals surface area contributed by atoms with Crippen molar-refractivity contribution < 1.29 is 17.9 Å². The van der Waals surface area contributed by atoms with Gasteiger partial charge >= 0.3 is 6.18 Å². The Balaban J connectivity index is 2.16. The maximum Gasteiger partial charge on any atom is 0.433 e. The summed E-state index contributed by atoms with van der Waals surface area (Å²) in [6.07, 6.45) is -2.00. The van der Waals surface area contributed by atoms with Crippen molar-refractivity contribution in [2.24, 2.45) is 0 Å². The molecule has 7 heteroatoms. The Kier molecular flexibility index (Phi) is 3.82. The lowest BCUT2D eigenvalue weighted by atomic mass is 9.94. The predicted octanol–water partition coefficient (Wildman–Crippen LogP) is 3.05. The van der Waals surface area contributed by atoms with Crippen LogP contribution < -0.4 is 11.1 Å². The van der Waals surface area contributed by atoms with Crippen LogP contribution in [0.1, 0.15) is 32.4 Å². The SMILES string of the molecule is CC1(C)CC(Nc2cc(C(F)(F)F)ncc2N)CCO1. The maximum absolute atomic E-state index is 12.7. The largest absolute Gasteiger partial charge is 0.433 e. The zero-order chi connectivity index (χ0) is 15.0. The third kappa shape index (κ3) is 3.53. The van der Waals surface area contributed by atoms with Crippen LogP contribution in [0.2, 0.25) is 0 Å². The number of anilines is 2. The summed E-state index contributed by atoms with van der Waals surface area (Å²) in [5, 5.41) is 3.07. The van der Waals surface area contributed by atoms with Gasteiger partial charge in [0.25, 0.3) is 0 Å². The second-order valence-corrected chi connectivity index (χ2v) is 5.60. The van der Waals surface area contributed by atoms with Crippen molar-refractivity contribution in [3.8, 4) is 0 Å². The number of nitrogen functional groups attached to an aromatic ring is 1. The molecule has 2 heterocycles. The van der Waals surface area contributed by atoms with E-state index in [1.165, 1.54) is 0 Å². The second-order valence-electron chi connectivity index (χ2n) is 5.60. The van der Waals surface area contributed by atoms with Crippen LogP contribution in [0, 0.1) is 0 Å². The van der Waals surface area contributed by atoms with Gasteiger partial charge in [0.05, 0.1) is 23.2 Å². The molecular formula is C13H18F3N3O. The highest BCUT2D eigenvalue weighted by Crippen LogP contribution is 2.33. The zero-order valence-corrected chi connectivity index (χ0v) is 11.4. The van der Waals surface area contributed by atoms with E-state index >= 15 is 0 Å². The summed E-state index contributed by atoms with van der Waals surface area (Å²) in [7, 11) is 0. The van der Waals surface area contributed by atoms with Gasteiger partial charge in [-0.05, 0) is 32.8 Å². The Labute approximate surface area is 115 Å². The molecule has 0 saturated carbocycles. The van der Waals surface area contributed by atoms with Gasteiger partial charge in [-0.3, -0.25) is 0 Å². The number of nitrogens with one attached hydrogen (secondary N) is 1. The molecule has 112 valence electrons. The van der Waals surface area contributed by atoms with Gasteiger partial charge in [-0.25, -0.2) is 4.98 Å². The van der Waals surface area contributed by atoms with Gasteiger partial charge in [0.1, 0.15) is 5.69 Å². The minimum Gasteiger partial charge on any atom is -0.396 e. The van der Waals surface area contributed by atoms with Crippen LogP contribution in [-0.2, 0) is 10.9 Å². The van der Waals surface area contributed by atoms with Crippen molar-refractivity contribution in [3.63, 3.8) is 0 Å². The molecule has 1 aliphatic heterocycles. The molecule has 4 nitrogen and oxygen atoms in total. The monoisotopic (exact) mass is 289 g/mol. The van der Waals surface area contributed by atoms with Gasteiger partial charge < -0.3 is 15.8 Å². The molecule has 1 aromatic rings. The number of halogens is 3. The highest BCUT2D eigenvalue weighted by molar-refractivity contribution is 5.65. The lowest BCUT2D eigenvalue weighted by Gasteiger charge is -2.36. The Morgan fingerprint density at radius 2 is 2.15 bits per heavy atom. The van der Waals surface area contributed by atoms with Crippen LogP contribution in [0.15, 0.2) is 12.3 Å². The van der Waals surface area contributed by atoms with E-state index < -0.39 is 11.9 Å². The average molecular weight is 289 g/mol. The van der Waals surface area contributed by atoms with Crippen LogP contribution in [-0.4, -0.2) is 23.2 Å². The number of hydrogen-bond acceptors (Lipinski definition) is 4. The van der Waals surface area contributed by atoms with E-state index in [4.69, 9.17) is 10.5 Å². The predicted molar refractivity (Wildman–Crippen MR) is 70.3 cm³/mol. The van der Waals surface area contributed by atoms with Crippen LogP contribution >= 0.6 is 0 Å². The van der Waals surface area contributed by atoms with E-state index in [1.54, 1.807) is 0 Å². The minimum absolute atomic E-state index is 0.0320. The zero-order valence-electron chi connectivity index (χ0n) is 11.4. The third-order valence-electron chi connectivity index (χ3n) is 3.28. The van der Waals surface area contributed by atoms with Crippen molar-refractivity contribution in [2.45, 2.75) is 44.5 Å². The first kappa shape index (κ1) is 14.9. The fraction of sp³-hybridized carbons (Fsp3) is 0.615. The molecule has 1 atom stereocenters. The first-order valence-electron chi connectivity index (χ1n) is 6.40. The minimum atomic E-state index is -4.47. The highest BCUT2D eigenvalue weighted by Gasteiger charge is 2.34. The molecule has 1 saturated heterocycles. The van der Waals surface area contributed by atoms with Gasteiger partial charge in [0.15, 0.2) is 0 Å². The molecular weight excluding hydrogens is 271 g/mol. The smallest absolute Gasteiger partial charge is 0.396 e. The lowest BCUT2D eigenvalue weighted by Crippen LogP contribution is -2.40. The molecule has 0 spiro atoms. The molecule has 0 aromatic carbocycles. The molecule has 20 heavy (non-hydrogen) atoms. The number of rotatable bonds is 2. The standard InChI is InChI=1S/C13H18F3N3O/c1-12(2)6-8(3-4-20-12)19-10-5-11(13(14,15)16)18-7-9(10)17/h5,7-8H,3-4,6,17H2,1-2H3,(H,18,19). The summed E-state index contributed by atoms with van der Waals surface area (Å²) in [6, 6.07) is 0.988. The van der Waals surface area contributed by atoms with Crippen LogP contribution in [0.4, 0.5) is 24.5 Å². The average Bonchev–Trinajstić information content (AvgIpc) is 2.29. The first-order chi connectivity index (χ1) is 9.17. The fourth-order valence-corrected chi connectivity index (χ4v) is 2.32. The molecule has 1 aliphatic rings. The van der Waals surface area contributed by atoms with E-state index in [0.29, 0.717) is 13.0 Å². The topological polar surface area (TPSA) is 60.2 Å². The van der Waals surface area contributed by atoms with Crippen molar-refractivity contribution in [1.82, 2.24) is 4.98 Å². The molecule has 0 aliphatic carbocycles. The summed E-state index contributed by atoms with van der Waals surface area (Å²) in [6.45, 7) is 4.48. The van der Waals surface area contributed by atoms with E-state index in [1.807, 2.05) is 13.8 Å². The van der Waals surface area contributed by atoms with Crippen LogP contribution in [0.5, 0.6) is 0 Å². The van der Waals surface area contributed by atoms with E-state index in [9.17, 15) is 13.2 Å². The number of aromatic nitrogens is 1. The quantitative estimate of drug-likeness (QED) is 0.878. The fourth-order valence-electron chi connectivity index (χ4n) is 2.32. The number of pyridine rings is 1. The molecule has 1 aromatic heterocycles. The van der Waals surface area contributed by atoms with Gasteiger partial charge in [0, 0.05) is 12.6 Å². The molecule has 0 radical (unpaired) electrons. The van der Waals surface area contributed by atoms with Crippen LogP contribution in [0.25, 0.3) is 0 Å². The summed E-state index contributed by atoms with van der Waals surface area (Å²) in [5.41, 5.74) is 4.95. The Bertz CT molecular complexity index is 488. The Morgan fingerprint density at radius 1 is 1.45 bits per heavy atom. The maximum atomic E-state index is 12.7. The number of ether oxygens (including phenoxy) is 1. The summed E-state index contributed by atoms with van der Waals surface area (Å²) in [4.78, 5) is 3.32. The van der Waals surface area contributed by atoms with Gasteiger partial charge in [-0.2, -0.15) is 13.2 Å². The first-order valence-corrected chi connectivity index (χ1v) is 6.40. The summed E-state index contributed by atoms with van der Waals surface area (Å²) in [5.74, 6) is 0. The van der Waals surface area contributed by atoms with Crippen LogP contribution in [0.3, 0.4) is 0 Å². The second kappa shape index (κ2) is 5.12. The van der Waals surface area contributed by atoms with E-state index in [2.05, 4.69) is 10.3 Å². The molecule has 0 amide bonds. The number of nitrogens with zero attached hydrogens (tertiary/aromatic N) is 1. The molecule has 0 bridgehead atoms. The molecule has 1 fully saturated rings. The summed E-state index contributed by atoms with van der Waals surface area (Å²) < 4.78 is 43.5. The van der Waals surface area contributed by atoms with Gasteiger partial charge in [0.2, 0.25) is 0 Å². The van der Waals surface area contributed by atoms with Crippen molar-refractivity contribution in [2.75, 3.05) is 17.7 Å². The molecule has 2 rings (SSSR count). The normalized spacial score (nSPS) is 22.6. The van der Waals surface area contributed by atoms with Crippen molar-refractivity contribution >= 4 is 11.4 Å². The Hall–Kier alpha value is -1.50. The van der Waals surface area contributed by atoms with Crippen molar-refractivity contribution in [3.05, 3.63) is 18.0 Å². The number of nitrogens with two attached hydrogens (primary N) is 1. The van der Waals surface area contributed by atoms with E-state index in [0.717, 1.165) is 18.7 Å². The lowest BCUT2D eigenvalue weighted by molar-refractivity contribution is -0.141. The highest BCUT2D eigenvalue weighted by atomic mass is 19.4. The molecule has 3 N–H and O–H groups in total. The number of alkyl halides is 3. The van der Waals surface area contributed by atoms with Crippen molar-refractivity contribution in [1.29, 1.82) is 0 Å². The number of hydrogen-bond donors (Lipinski definition) is 2.